The SMILES string of the molecule is Cc1cc(-c2ccnnc2)nc2c(C(=O)NC(C)(C)C3CC3)ncn12. The van der Waals surface area contributed by atoms with Crippen LogP contribution >= 0.6 is 0 Å². The Bertz CT molecular complexity index is 943. The highest BCUT2D eigenvalue weighted by atomic mass is 16.2. The minimum Gasteiger partial charge on any atom is -0.345 e. The molecule has 1 N–H and O–H groups in total. The zero-order chi connectivity index (χ0) is 17.6. The second-order valence-corrected chi connectivity index (χ2v) is 7.15. The van der Waals surface area contributed by atoms with Gasteiger partial charge in [-0.2, -0.15) is 10.2 Å². The van der Waals surface area contributed by atoms with Gasteiger partial charge >= 0.3 is 0 Å². The molecule has 1 aliphatic rings. The molecular formula is C18H20N6O. The molecule has 25 heavy (non-hydrogen) atoms. The Hall–Kier alpha value is -2.83. The molecule has 128 valence electrons. The summed E-state index contributed by atoms with van der Waals surface area (Å²) in [5.74, 6) is 0.356. The van der Waals surface area contributed by atoms with Crippen LogP contribution in [0.15, 0.2) is 30.9 Å². The Morgan fingerprint density at radius 3 is 2.80 bits per heavy atom. The van der Waals surface area contributed by atoms with Crippen LogP contribution in [0, 0.1) is 12.8 Å². The molecule has 1 aliphatic carbocycles. The summed E-state index contributed by atoms with van der Waals surface area (Å²) in [4.78, 5) is 21.7. The van der Waals surface area contributed by atoms with Crippen molar-refractivity contribution in [3.05, 3.63) is 42.2 Å². The van der Waals surface area contributed by atoms with Crippen molar-refractivity contribution < 1.29 is 4.79 Å². The van der Waals surface area contributed by atoms with Crippen molar-refractivity contribution in [2.24, 2.45) is 5.92 Å². The maximum absolute atomic E-state index is 12.8. The molecule has 0 unspecified atom stereocenters. The van der Waals surface area contributed by atoms with E-state index in [1.165, 1.54) is 0 Å². The number of amides is 1. The van der Waals surface area contributed by atoms with Crippen molar-refractivity contribution in [3.8, 4) is 11.3 Å². The van der Waals surface area contributed by atoms with Gasteiger partial charge in [-0.1, -0.05) is 0 Å². The third-order valence-electron chi connectivity index (χ3n) is 4.82. The monoisotopic (exact) mass is 336 g/mol. The van der Waals surface area contributed by atoms with Crippen LogP contribution in [-0.4, -0.2) is 36.0 Å². The standard InChI is InChI=1S/C18H20N6O/c1-11-8-14(12-6-7-20-21-9-12)22-16-15(19-10-24(11)16)17(25)23-18(2,3)13-4-5-13/h6-10,13H,4-5H2,1-3H3,(H,23,25). The predicted octanol–water partition coefficient (Wildman–Crippen LogP) is 2.41. The number of hydrogen-bond acceptors (Lipinski definition) is 5. The summed E-state index contributed by atoms with van der Waals surface area (Å²) in [7, 11) is 0. The fourth-order valence-corrected chi connectivity index (χ4v) is 3.13. The molecule has 4 rings (SSSR count). The van der Waals surface area contributed by atoms with Gasteiger partial charge in [-0.05, 0) is 51.7 Å². The quantitative estimate of drug-likeness (QED) is 0.791. The Balaban J connectivity index is 1.75. The van der Waals surface area contributed by atoms with Gasteiger partial charge in [0.25, 0.3) is 5.91 Å². The number of rotatable bonds is 4. The van der Waals surface area contributed by atoms with Crippen molar-refractivity contribution >= 4 is 11.6 Å². The zero-order valence-corrected chi connectivity index (χ0v) is 14.5. The first-order chi connectivity index (χ1) is 12.0. The maximum Gasteiger partial charge on any atom is 0.274 e. The number of fused-ring (bicyclic) bond motifs is 1. The number of carbonyl (C=O) groups is 1. The number of aryl methyl sites for hydroxylation is 1. The van der Waals surface area contributed by atoms with Gasteiger partial charge in [-0.3, -0.25) is 9.20 Å². The average Bonchev–Trinajstić information content (AvgIpc) is 3.36. The minimum absolute atomic E-state index is 0.184. The van der Waals surface area contributed by atoms with Gasteiger partial charge in [0.05, 0.1) is 18.1 Å². The molecule has 0 bridgehead atoms. The molecule has 3 heterocycles. The van der Waals surface area contributed by atoms with Crippen LogP contribution in [0.3, 0.4) is 0 Å². The highest BCUT2D eigenvalue weighted by Crippen LogP contribution is 2.39. The smallest absolute Gasteiger partial charge is 0.274 e. The molecule has 0 aromatic carbocycles. The molecule has 0 atom stereocenters. The van der Waals surface area contributed by atoms with E-state index >= 15 is 0 Å². The minimum atomic E-state index is -0.227. The lowest BCUT2D eigenvalue weighted by molar-refractivity contribution is 0.0900. The first-order valence-corrected chi connectivity index (χ1v) is 8.40. The van der Waals surface area contributed by atoms with Crippen molar-refractivity contribution in [2.45, 2.75) is 39.2 Å². The third kappa shape index (κ3) is 2.86. The lowest BCUT2D eigenvalue weighted by atomic mass is 9.98. The van der Waals surface area contributed by atoms with E-state index in [0.717, 1.165) is 29.8 Å². The number of nitrogens with one attached hydrogen (secondary N) is 1. The predicted molar refractivity (Wildman–Crippen MR) is 93.0 cm³/mol. The molecule has 7 nitrogen and oxygen atoms in total. The Kier molecular flexibility index (Phi) is 3.52. The van der Waals surface area contributed by atoms with Crippen LogP contribution < -0.4 is 5.32 Å². The van der Waals surface area contributed by atoms with Crippen molar-refractivity contribution in [1.29, 1.82) is 0 Å². The first kappa shape index (κ1) is 15.7. The van der Waals surface area contributed by atoms with Gasteiger partial charge in [0, 0.05) is 16.8 Å². The molecule has 3 aromatic heterocycles. The summed E-state index contributed by atoms with van der Waals surface area (Å²) in [6.45, 7) is 6.09. The lowest BCUT2D eigenvalue weighted by Crippen LogP contribution is -2.45. The first-order valence-electron chi connectivity index (χ1n) is 8.40. The van der Waals surface area contributed by atoms with E-state index in [1.807, 2.05) is 23.5 Å². The highest BCUT2D eigenvalue weighted by molar-refractivity contribution is 5.98. The molecule has 0 spiro atoms. The second-order valence-electron chi connectivity index (χ2n) is 7.15. The van der Waals surface area contributed by atoms with Gasteiger partial charge in [0.1, 0.15) is 6.33 Å². The van der Waals surface area contributed by atoms with E-state index in [1.54, 1.807) is 18.7 Å². The number of imidazole rings is 1. The normalized spacial score (nSPS) is 14.7. The van der Waals surface area contributed by atoms with E-state index in [2.05, 4.69) is 39.3 Å². The summed E-state index contributed by atoms with van der Waals surface area (Å²) in [6.07, 6.45) is 7.25. The van der Waals surface area contributed by atoms with Crippen LogP contribution in [0.25, 0.3) is 16.9 Å². The molecule has 3 aromatic rings. The molecular weight excluding hydrogens is 316 g/mol. The Morgan fingerprint density at radius 2 is 2.12 bits per heavy atom. The van der Waals surface area contributed by atoms with Gasteiger partial charge < -0.3 is 5.32 Å². The number of aromatic nitrogens is 5. The average molecular weight is 336 g/mol. The maximum atomic E-state index is 12.8. The topological polar surface area (TPSA) is 85.1 Å². The zero-order valence-electron chi connectivity index (χ0n) is 14.5. The molecule has 1 saturated carbocycles. The second kappa shape index (κ2) is 5.61. The largest absolute Gasteiger partial charge is 0.345 e. The van der Waals surface area contributed by atoms with Gasteiger partial charge in [0.2, 0.25) is 0 Å². The fourth-order valence-electron chi connectivity index (χ4n) is 3.13. The van der Waals surface area contributed by atoms with Gasteiger partial charge in [-0.15, -0.1) is 0 Å². The molecule has 0 saturated heterocycles. The van der Waals surface area contributed by atoms with Gasteiger partial charge in [-0.25, -0.2) is 9.97 Å². The van der Waals surface area contributed by atoms with Crippen LogP contribution in [0.5, 0.6) is 0 Å². The Morgan fingerprint density at radius 1 is 1.32 bits per heavy atom. The van der Waals surface area contributed by atoms with E-state index in [-0.39, 0.29) is 11.4 Å². The molecule has 1 amide bonds. The van der Waals surface area contributed by atoms with Crippen LogP contribution in [0.1, 0.15) is 42.9 Å². The van der Waals surface area contributed by atoms with E-state index in [0.29, 0.717) is 17.3 Å². The highest BCUT2D eigenvalue weighted by Gasteiger charge is 2.39. The number of nitrogens with zero attached hydrogens (tertiary/aromatic N) is 5. The lowest BCUT2D eigenvalue weighted by Gasteiger charge is -2.25. The fraction of sp³-hybridized carbons (Fsp3) is 0.389. The van der Waals surface area contributed by atoms with Crippen LogP contribution in [-0.2, 0) is 0 Å². The Labute approximate surface area is 145 Å². The van der Waals surface area contributed by atoms with E-state index in [9.17, 15) is 4.79 Å². The summed E-state index contributed by atoms with van der Waals surface area (Å²) < 4.78 is 1.83. The summed E-state index contributed by atoms with van der Waals surface area (Å²) in [5.41, 5.74) is 3.22. The summed E-state index contributed by atoms with van der Waals surface area (Å²) >= 11 is 0. The van der Waals surface area contributed by atoms with E-state index < -0.39 is 0 Å². The van der Waals surface area contributed by atoms with Crippen molar-refractivity contribution in [1.82, 2.24) is 29.9 Å². The van der Waals surface area contributed by atoms with Gasteiger partial charge in [0.15, 0.2) is 11.3 Å². The van der Waals surface area contributed by atoms with Crippen LogP contribution in [0.4, 0.5) is 0 Å². The summed E-state index contributed by atoms with van der Waals surface area (Å²) in [5, 5.41) is 10.8. The van der Waals surface area contributed by atoms with Crippen molar-refractivity contribution in [2.75, 3.05) is 0 Å². The molecule has 0 aliphatic heterocycles. The third-order valence-corrected chi connectivity index (χ3v) is 4.82. The van der Waals surface area contributed by atoms with Crippen LogP contribution in [0.2, 0.25) is 0 Å². The number of hydrogen-bond donors (Lipinski definition) is 1. The summed E-state index contributed by atoms with van der Waals surface area (Å²) in [6, 6.07) is 3.79. The molecule has 0 radical (unpaired) electrons. The van der Waals surface area contributed by atoms with Crippen molar-refractivity contribution in [3.63, 3.8) is 0 Å². The van der Waals surface area contributed by atoms with E-state index in [4.69, 9.17) is 0 Å². The molecule has 1 fully saturated rings. The number of carbonyl (C=O) groups excluding carboxylic acids is 1. The molecule has 7 heteroatoms.